The van der Waals surface area contributed by atoms with E-state index in [0.29, 0.717) is 6.73 Å². The summed E-state index contributed by atoms with van der Waals surface area (Å²) in [7, 11) is -0.980. The van der Waals surface area contributed by atoms with Crippen molar-refractivity contribution < 1.29 is 4.74 Å². The van der Waals surface area contributed by atoms with Crippen LogP contribution in [0.3, 0.4) is 0 Å². The van der Waals surface area contributed by atoms with Crippen LogP contribution in [-0.4, -0.2) is 31.6 Å². The molecule has 0 amide bonds. The molecule has 0 aliphatic rings. The predicted molar refractivity (Wildman–Crippen MR) is 78.7 cm³/mol. The second kappa shape index (κ2) is 5.54. The quantitative estimate of drug-likeness (QED) is 0.478. The highest BCUT2D eigenvalue weighted by Crippen LogP contribution is 2.16. The molecule has 0 bridgehead atoms. The van der Waals surface area contributed by atoms with Gasteiger partial charge in [0.2, 0.25) is 0 Å². The minimum absolute atomic E-state index is 0.560. The third-order valence-corrected chi connectivity index (χ3v) is 4.52. The summed E-state index contributed by atoms with van der Waals surface area (Å²) < 4.78 is 5.60. The minimum Gasteiger partial charge on any atom is -0.363 e. The van der Waals surface area contributed by atoms with E-state index >= 15 is 0 Å². The molecule has 0 aliphatic carbocycles. The zero-order valence-corrected chi connectivity index (χ0v) is 12.3. The number of rotatable bonds is 6. The number of hydrogen-bond acceptors (Lipinski definition) is 3. The van der Waals surface area contributed by atoms with Crippen molar-refractivity contribution in [1.82, 2.24) is 10.2 Å². The Hall–Kier alpha value is -1.33. The molecule has 0 unspecified atom stereocenters. The number of nitrogens with zero attached hydrogens (tertiary/aromatic N) is 1. The molecule has 0 saturated heterocycles. The van der Waals surface area contributed by atoms with Crippen molar-refractivity contribution in [3.63, 3.8) is 0 Å². The number of hydrogen-bond donors (Lipinski definition) is 2. The van der Waals surface area contributed by atoms with Crippen LogP contribution in [0.25, 0.3) is 10.9 Å². The number of anilines is 1. The fraction of sp³-hybridized carbons (Fsp3) is 0.462. The zero-order valence-electron chi connectivity index (χ0n) is 11.3. The van der Waals surface area contributed by atoms with Crippen LogP contribution >= 0.6 is 0 Å². The van der Waals surface area contributed by atoms with Gasteiger partial charge in [0.15, 0.2) is 0 Å². The highest BCUT2D eigenvalue weighted by molar-refractivity contribution is 6.76. The van der Waals surface area contributed by atoms with Gasteiger partial charge in [-0.15, -0.1) is 0 Å². The fourth-order valence-corrected chi connectivity index (χ4v) is 2.39. The summed E-state index contributed by atoms with van der Waals surface area (Å²) in [6.07, 6.45) is 1.82. The van der Waals surface area contributed by atoms with Crippen molar-refractivity contribution in [3.05, 3.63) is 24.4 Å². The first-order valence-corrected chi connectivity index (χ1v) is 10.0. The Morgan fingerprint density at radius 3 is 2.94 bits per heavy atom. The fourth-order valence-electron chi connectivity index (χ4n) is 1.63. The molecule has 1 aromatic heterocycles. The van der Waals surface area contributed by atoms with Gasteiger partial charge in [0.05, 0.1) is 11.7 Å². The summed E-state index contributed by atoms with van der Waals surface area (Å²) in [5, 5.41) is 11.3. The summed E-state index contributed by atoms with van der Waals surface area (Å²) >= 11 is 0. The maximum atomic E-state index is 5.60. The molecule has 0 atom stereocenters. The number of nitrogens with one attached hydrogen (secondary N) is 2. The first-order chi connectivity index (χ1) is 8.54. The van der Waals surface area contributed by atoms with E-state index in [1.807, 2.05) is 24.4 Å². The van der Waals surface area contributed by atoms with Crippen molar-refractivity contribution in [1.29, 1.82) is 0 Å². The molecule has 2 rings (SSSR count). The van der Waals surface area contributed by atoms with Gasteiger partial charge in [-0.3, -0.25) is 5.10 Å². The molecule has 1 heterocycles. The molecule has 2 aromatic rings. The maximum absolute atomic E-state index is 5.60. The summed E-state index contributed by atoms with van der Waals surface area (Å²) in [4.78, 5) is 0. The lowest BCUT2D eigenvalue weighted by Crippen LogP contribution is -2.22. The van der Waals surface area contributed by atoms with E-state index in [1.165, 1.54) is 6.04 Å². The van der Waals surface area contributed by atoms with E-state index in [4.69, 9.17) is 4.74 Å². The molecule has 5 heteroatoms. The van der Waals surface area contributed by atoms with E-state index in [1.54, 1.807) is 0 Å². The third kappa shape index (κ3) is 3.85. The Kier molecular flexibility index (Phi) is 4.03. The molecule has 0 aliphatic heterocycles. The second-order valence-electron chi connectivity index (χ2n) is 5.71. The Morgan fingerprint density at radius 2 is 2.17 bits per heavy atom. The average Bonchev–Trinajstić information content (AvgIpc) is 2.74. The highest BCUT2D eigenvalue weighted by Gasteiger charge is 2.11. The lowest BCUT2D eigenvalue weighted by molar-refractivity contribution is 0.166. The van der Waals surface area contributed by atoms with Gasteiger partial charge < -0.3 is 10.1 Å². The molecule has 18 heavy (non-hydrogen) atoms. The van der Waals surface area contributed by atoms with Gasteiger partial charge in [0.1, 0.15) is 6.73 Å². The average molecular weight is 263 g/mol. The van der Waals surface area contributed by atoms with Crippen LogP contribution in [0.2, 0.25) is 25.7 Å². The Balaban J connectivity index is 1.76. The number of ether oxygens (including phenoxy) is 1. The molecular formula is C13H21N3OSi. The Labute approximate surface area is 109 Å². The number of aromatic amines is 1. The second-order valence-corrected chi connectivity index (χ2v) is 11.3. The van der Waals surface area contributed by atoms with Crippen molar-refractivity contribution in [2.45, 2.75) is 25.7 Å². The summed E-state index contributed by atoms with van der Waals surface area (Å²) in [6.45, 7) is 8.47. The number of aromatic nitrogens is 2. The van der Waals surface area contributed by atoms with Gasteiger partial charge in [-0.25, -0.2) is 0 Å². The lowest BCUT2D eigenvalue weighted by atomic mass is 10.2. The normalized spacial score (nSPS) is 11.9. The van der Waals surface area contributed by atoms with Gasteiger partial charge in [0, 0.05) is 25.8 Å². The molecule has 2 N–H and O–H groups in total. The monoisotopic (exact) mass is 263 g/mol. The molecule has 0 saturated carbocycles. The molecule has 1 aromatic carbocycles. The predicted octanol–water partition coefficient (Wildman–Crippen LogP) is 3.29. The van der Waals surface area contributed by atoms with Crippen LogP contribution in [0.5, 0.6) is 0 Å². The van der Waals surface area contributed by atoms with Crippen LogP contribution in [0.15, 0.2) is 24.4 Å². The topological polar surface area (TPSA) is 49.9 Å². The summed E-state index contributed by atoms with van der Waals surface area (Å²) in [5.41, 5.74) is 2.10. The van der Waals surface area contributed by atoms with Crippen molar-refractivity contribution >= 4 is 24.7 Å². The van der Waals surface area contributed by atoms with Crippen LogP contribution in [0.1, 0.15) is 0 Å². The van der Waals surface area contributed by atoms with Gasteiger partial charge in [-0.2, -0.15) is 5.10 Å². The van der Waals surface area contributed by atoms with Crippen LogP contribution < -0.4 is 5.32 Å². The van der Waals surface area contributed by atoms with Gasteiger partial charge in [-0.05, 0) is 24.2 Å². The largest absolute Gasteiger partial charge is 0.363 e. The summed E-state index contributed by atoms with van der Waals surface area (Å²) in [5.74, 6) is 0. The third-order valence-electron chi connectivity index (χ3n) is 2.82. The number of fused-ring (bicyclic) bond motifs is 1. The first kappa shape index (κ1) is 13.1. The Morgan fingerprint density at radius 1 is 1.33 bits per heavy atom. The van der Waals surface area contributed by atoms with E-state index in [-0.39, 0.29) is 0 Å². The van der Waals surface area contributed by atoms with E-state index in [0.717, 1.165) is 23.2 Å². The smallest absolute Gasteiger partial charge is 0.116 e. The van der Waals surface area contributed by atoms with Crippen LogP contribution in [0, 0.1) is 0 Å². The lowest BCUT2D eigenvalue weighted by Gasteiger charge is -2.15. The number of benzene rings is 1. The highest BCUT2D eigenvalue weighted by atomic mass is 28.3. The minimum atomic E-state index is -0.980. The molecule has 0 spiro atoms. The summed E-state index contributed by atoms with van der Waals surface area (Å²) in [6, 6.07) is 7.33. The zero-order chi connectivity index (χ0) is 13.0. The number of H-pyrrole nitrogens is 1. The molecular weight excluding hydrogens is 242 g/mol. The molecule has 0 fully saturated rings. The van der Waals surface area contributed by atoms with E-state index in [2.05, 4.69) is 35.2 Å². The van der Waals surface area contributed by atoms with Gasteiger partial charge >= 0.3 is 0 Å². The maximum Gasteiger partial charge on any atom is 0.116 e. The molecule has 4 nitrogen and oxygen atoms in total. The van der Waals surface area contributed by atoms with Crippen molar-refractivity contribution in [3.8, 4) is 0 Å². The SMILES string of the molecule is C[Si](C)(C)CCOCNc1ccc2cn[nH]c2c1. The first-order valence-electron chi connectivity index (χ1n) is 6.29. The molecule has 98 valence electrons. The molecule has 0 radical (unpaired) electrons. The Bertz CT molecular complexity index is 504. The van der Waals surface area contributed by atoms with Crippen LogP contribution in [-0.2, 0) is 4.74 Å². The standard InChI is InChI=1S/C13H21N3OSi/c1-18(2,3)7-6-17-10-14-12-5-4-11-9-15-16-13(11)8-12/h4-5,8-9,14H,6-7,10H2,1-3H3,(H,15,16). The van der Waals surface area contributed by atoms with E-state index in [9.17, 15) is 0 Å². The van der Waals surface area contributed by atoms with Crippen molar-refractivity contribution in [2.24, 2.45) is 0 Å². The van der Waals surface area contributed by atoms with Gasteiger partial charge in [0.25, 0.3) is 0 Å². The van der Waals surface area contributed by atoms with Gasteiger partial charge in [-0.1, -0.05) is 19.6 Å². The van der Waals surface area contributed by atoms with Crippen molar-refractivity contribution in [2.75, 3.05) is 18.7 Å². The van der Waals surface area contributed by atoms with E-state index < -0.39 is 8.07 Å². The van der Waals surface area contributed by atoms with Crippen LogP contribution in [0.4, 0.5) is 5.69 Å².